The Morgan fingerprint density at radius 2 is 2.55 bits per heavy atom. The van der Waals surface area contributed by atoms with Crippen molar-refractivity contribution in [2.24, 2.45) is 0 Å². The van der Waals surface area contributed by atoms with E-state index in [0.29, 0.717) is 6.42 Å². The second kappa shape index (κ2) is 3.57. The molecule has 0 saturated heterocycles. The highest BCUT2D eigenvalue weighted by Crippen LogP contribution is 1.92. The number of aromatic nitrogens is 1. The number of hydrogen-bond acceptors (Lipinski definition) is 2. The van der Waals surface area contributed by atoms with Gasteiger partial charge in [-0.15, -0.1) is 0 Å². The van der Waals surface area contributed by atoms with Crippen LogP contribution in [0.4, 0.5) is 0 Å². The lowest BCUT2D eigenvalue weighted by molar-refractivity contribution is -0.885. The van der Waals surface area contributed by atoms with Crippen LogP contribution in [0.25, 0.3) is 0 Å². The van der Waals surface area contributed by atoms with Crippen LogP contribution in [0.1, 0.15) is 5.56 Å². The molecule has 0 aliphatic rings. The molecule has 3 nitrogen and oxygen atoms in total. The smallest absolute Gasteiger partial charge is 0.226 e. The largest absolute Gasteiger partial charge is 0.275 e. The third-order valence-electron chi connectivity index (χ3n) is 1.33. The Bertz CT molecular complexity index is 278. The molecule has 0 N–H and O–H groups in total. The zero-order chi connectivity index (χ0) is 8.10. The minimum atomic E-state index is 0.421. The first-order valence-electron chi connectivity index (χ1n) is 3.28. The molecule has 1 rings (SSSR count). The Kier molecular flexibility index (Phi) is 2.45. The minimum Gasteiger partial charge on any atom is -0.275 e. The van der Waals surface area contributed by atoms with Crippen molar-refractivity contribution in [1.82, 2.24) is 0 Å². The standard InChI is InChI=1S/C8H9N2O/c1-11-10-6-2-3-8(7-10)4-5-9/h2-3,6-7H,4H2,1H3/q+1. The molecule has 0 spiro atoms. The normalized spacial score (nSPS) is 8.73. The fraction of sp³-hybridized carbons (Fsp3) is 0.250. The van der Waals surface area contributed by atoms with Gasteiger partial charge in [0.1, 0.15) is 7.11 Å². The molecule has 0 aliphatic heterocycles. The molecular weight excluding hydrogens is 140 g/mol. The maximum atomic E-state index is 8.38. The van der Waals surface area contributed by atoms with Gasteiger partial charge in [0.15, 0.2) is 0 Å². The second-order valence-electron chi connectivity index (χ2n) is 2.09. The summed E-state index contributed by atoms with van der Waals surface area (Å²) >= 11 is 0. The first-order chi connectivity index (χ1) is 5.36. The summed E-state index contributed by atoms with van der Waals surface area (Å²) < 4.78 is 1.56. The Morgan fingerprint density at radius 1 is 1.73 bits per heavy atom. The summed E-state index contributed by atoms with van der Waals surface area (Å²) in [4.78, 5) is 4.91. The minimum absolute atomic E-state index is 0.421. The van der Waals surface area contributed by atoms with Crippen LogP contribution in [-0.2, 0) is 6.42 Å². The first kappa shape index (κ1) is 7.55. The average molecular weight is 149 g/mol. The number of nitrogens with zero attached hydrogens (tertiary/aromatic N) is 2. The average Bonchev–Trinajstić information content (AvgIpc) is 2.06. The van der Waals surface area contributed by atoms with E-state index in [1.54, 1.807) is 24.2 Å². The summed E-state index contributed by atoms with van der Waals surface area (Å²) in [6, 6.07) is 5.80. The molecule has 1 aromatic heterocycles. The van der Waals surface area contributed by atoms with Crippen molar-refractivity contribution in [2.75, 3.05) is 7.11 Å². The SMILES string of the molecule is CO[n+]1cccc(CC#N)c1. The van der Waals surface area contributed by atoms with Crippen molar-refractivity contribution in [3.63, 3.8) is 0 Å². The van der Waals surface area contributed by atoms with Crippen molar-refractivity contribution >= 4 is 0 Å². The molecule has 0 fully saturated rings. The van der Waals surface area contributed by atoms with Gasteiger partial charge in [-0.05, 0) is 6.07 Å². The van der Waals surface area contributed by atoms with E-state index in [1.807, 2.05) is 12.1 Å². The monoisotopic (exact) mass is 149 g/mol. The van der Waals surface area contributed by atoms with Gasteiger partial charge < -0.3 is 0 Å². The fourth-order valence-electron chi connectivity index (χ4n) is 0.810. The molecule has 0 aromatic carbocycles. The molecule has 0 saturated carbocycles. The molecule has 0 amide bonds. The molecule has 0 aliphatic carbocycles. The van der Waals surface area contributed by atoms with Crippen molar-refractivity contribution < 1.29 is 9.57 Å². The van der Waals surface area contributed by atoms with Crippen LogP contribution >= 0.6 is 0 Å². The quantitative estimate of drug-likeness (QED) is 0.559. The van der Waals surface area contributed by atoms with E-state index in [2.05, 4.69) is 6.07 Å². The molecular formula is C8H9N2O+. The Hall–Kier alpha value is -1.56. The van der Waals surface area contributed by atoms with Gasteiger partial charge in [-0.2, -0.15) is 5.26 Å². The molecule has 1 aromatic rings. The Balaban J connectivity index is 2.84. The number of rotatable bonds is 2. The molecule has 1 heterocycles. The fourth-order valence-corrected chi connectivity index (χ4v) is 0.810. The zero-order valence-electron chi connectivity index (χ0n) is 6.32. The summed E-state index contributed by atoms with van der Waals surface area (Å²) in [6.07, 6.45) is 3.98. The number of hydrogen-bond donors (Lipinski definition) is 0. The van der Waals surface area contributed by atoms with Gasteiger partial charge in [0.05, 0.1) is 12.5 Å². The Morgan fingerprint density at radius 3 is 3.18 bits per heavy atom. The molecule has 0 unspecified atom stereocenters. The van der Waals surface area contributed by atoms with Gasteiger partial charge >= 0.3 is 0 Å². The van der Waals surface area contributed by atoms with Crippen LogP contribution in [0.3, 0.4) is 0 Å². The van der Waals surface area contributed by atoms with Crippen molar-refractivity contribution in [3.8, 4) is 6.07 Å². The molecule has 0 atom stereocenters. The van der Waals surface area contributed by atoms with Crippen LogP contribution in [0.15, 0.2) is 24.5 Å². The van der Waals surface area contributed by atoms with E-state index >= 15 is 0 Å². The highest BCUT2D eigenvalue weighted by Gasteiger charge is 1.99. The van der Waals surface area contributed by atoms with Gasteiger partial charge in [0.2, 0.25) is 12.4 Å². The molecule has 56 valence electrons. The number of nitriles is 1. The van der Waals surface area contributed by atoms with E-state index in [9.17, 15) is 0 Å². The highest BCUT2D eigenvalue weighted by atomic mass is 16.6. The maximum Gasteiger partial charge on any atom is 0.226 e. The summed E-state index contributed by atoms with van der Waals surface area (Å²) in [5.41, 5.74) is 0.955. The van der Waals surface area contributed by atoms with Crippen molar-refractivity contribution in [2.45, 2.75) is 6.42 Å². The molecule has 11 heavy (non-hydrogen) atoms. The lowest BCUT2D eigenvalue weighted by atomic mass is 10.2. The maximum absolute atomic E-state index is 8.38. The van der Waals surface area contributed by atoms with E-state index in [0.717, 1.165) is 5.56 Å². The predicted molar refractivity (Wildman–Crippen MR) is 38.5 cm³/mol. The lowest BCUT2D eigenvalue weighted by Gasteiger charge is -1.91. The van der Waals surface area contributed by atoms with E-state index in [-0.39, 0.29) is 0 Å². The topological polar surface area (TPSA) is 36.9 Å². The van der Waals surface area contributed by atoms with Crippen LogP contribution < -0.4 is 9.57 Å². The van der Waals surface area contributed by atoms with E-state index in [1.165, 1.54) is 0 Å². The van der Waals surface area contributed by atoms with Crippen LogP contribution in [0.2, 0.25) is 0 Å². The first-order valence-corrected chi connectivity index (χ1v) is 3.28. The molecule has 3 heteroatoms. The zero-order valence-corrected chi connectivity index (χ0v) is 6.32. The summed E-state index contributed by atoms with van der Waals surface area (Å²) in [5.74, 6) is 0. The summed E-state index contributed by atoms with van der Waals surface area (Å²) in [5, 5.41) is 8.38. The van der Waals surface area contributed by atoms with E-state index in [4.69, 9.17) is 10.1 Å². The van der Waals surface area contributed by atoms with Crippen LogP contribution in [0.5, 0.6) is 0 Å². The number of pyridine rings is 1. The van der Waals surface area contributed by atoms with Gasteiger partial charge in [0, 0.05) is 16.4 Å². The third kappa shape index (κ3) is 1.94. The third-order valence-corrected chi connectivity index (χ3v) is 1.33. The molecule has 0 bridgehead atoms. The van der Waals surface area contributed by atoms with Gasteiger partial charge in [-0.3, -0.25) is 4.84 Å². The van der Waals surface area contributed by atoms with Crippen molar-refractivity contribution in [1.29, 1.82) is 5.26 Å². The molecule has 0 radical (unpaired) electrons. The second-order valence-corrected chi connectivity index (χ2v) is 2.09. The van der Waals surface area contributed by atoms with Crippen molar-refractivity contribution in [3.05, 3.63) is 30.1 Å². The van der Waals surface area contributed by atoms with Gasteiger partial charge in [-0.1, -0.05) is 0 Å². The Labute approximate surface area is 65.4 Å². The predicted octanol–water partition coefficient (Wildman–Crippen LogP) is 0.0986. The van der Waals surface area contributed by atoms with E-state index < -0.39 is 0 Å². The lowest BCUT2D eigenvalue weighted by Crippen LogP contribution is -2.39. The summed E-state index contributed by atoms with van der Waals surface area (Å²) in [7, 11) is 1.58. The summed E-state index contributed by atoms with van der Waals surface area (Å²) in [6.45, 7) is 0. The van der Waals surface area contributed by atoms with Crippen LogP contribution in [0, 0.1) is 11.3 Å². The van der Waals surface area contributed by atoms with Gasteiger partial charge in [-0.25, -0.2) is 0 Å². The van der Waals surface area contributed by atoms with Gasteiger partial charge in [0.25, 0.3) is 0 Å². The highest BCUT2D eigenvalue weighted by molar-refractivity contribution is 5.09. The van der Waals surface area contributed by atoms with Crippen LogP contribution in [-0.4, -0.2) is 7.11 Å².